The Labute approximate surface area is 132 Å². The van der Waals surface area contributed by atoms with Crippen LogP contribution in [0.4, 0.5) is 18.0 Å². The van der Waals surface area contributed by atoms with Gasteiger partial charge in [-0.3, -0.25) is 4.79 Å². The summed E-state index contributed by atoms with van der Waals surface area (Å²) in [6.45, 7) is 1.37. The topological polar surface area (TPSA) is 46.6 Å². The van der Waals surface area contributed by atoms with Crippen molar-refractivity contribution in [3.8, 4) is 0 Å². The Bertz CT molecular complexity index is 559. The molecule has 0 bridgehead atoms. The molecule has 0 radical (unpaired) electrons. The van der Waals surface area contributed by atoms with E-state index < -0.39 is 36.6 Å². The summed E-state index contributed by atoms with van der Waals surface area (Å²) in [4.78, 5) is 24.8. The molecule has 1 heterocycles. The van der Waals surface area contributed by atoms with E-state index >= 15 is 0 Å². The van der Waals surface area contributed by atoms with Crippen LogP contribution in [-0.4, -0.2) is 35.7 Å². The molecule has 0 N–H and O–H groups in total. The van der Waals surface area contributed by atoms with Gasteiger partial charge in [0.1, 0.15) is 6.61 Å². The molecular formula is C16H18F3NO3. The first-order valence-corrected chi connectivity index (χ1v) is 7.42. The second-order valence-electron chi connectivity index (χ2n) is 5.54. The Kier molecular flexibility index (Phi) is 5.28. The molecule has 1 fully saturated rings. The Hall–Kier alpha value is -2.05. The normalized spacial score (nSPS) is 19.6. The summed E-state index contributed by atoms with van der Waals surface area (Å²) in [7, 11) is 0. The average molecular weight is 329 g/mol. The predicted octanol–water partition coefficient (Wildman–Crippen LogP) is 3.56. The highest BCUT2D eigenvalue weighted by molar-refractivity contribution is 5.93. The molecule has 23 heavy (non-hydrogen) atoms. The number of carbonyl (C=O) groups is 2. The van der Waals surface area contributed by atoms with Gasteiger partial charge in [-0.05, 0) is 18.4 Å². The molecular weight excluding hydrogens is 311 g/mol. The van der Waals surface area contributed by atoms with Crippen LogP contribution in [0.2, 0.25) is 0 Å². The lowest BCUT2D eigenvalue weighted by atomic mass is 10.00. The number of carbonyl (C=O) groups excluding carboxylic acids is 2. The second-order valence-corrected chi connectivity index (χ2v) is 5.54. The van der Waals surface area contributed by atoms with E-state index in [1.807, 2.05) is 30.3 Å². The molecule has 126 valence electrons. The highest BCUT2D eigenvalue weighted by Gasteiger charge is 2.44. The first-order valence-electron chi connectivity index (χ1n) is 7.42. The number of halogens is 3. The van der Waals surface area contributed by atoms with E-state index in [2.05, 4.69) is 0 Å². The summed E-state index contributed by atoms with van der Waals surface area (Å²) < 4.78 is 43.3. The van der Waals surface area contributed by atoms with Crippen LogP contribution >= 0.6 is 0 Å². The summed E-state index contributed by atoms with van der Waals surface area (Å²) in [5.41, 5.74) is 0.886. The zero-order chi connectivity index (χ0) is 17.0. The van der Waals surface area contributed by atoms with Crippen molar-refractivity contribution in [3.63, 3.8) is 0 Å². The fourth-order valence-electron chi connectivity index (χ4n) is 2.60. The van der Waals surface area contributed by atoms with Crippen molar-refractivity contribution in [2.24, 2.45) is 5.92 Å². The molecule has 0 saturated carbocycles. The minimum atomic E-state index is -4.46. The molecule has 1 aliphatic rings. The number of rotatable bonds is 5. The van der Waals surface area contributed by atoms with Gasteiger partial charge in [0, 0.05) is 6.42 Å². The third-order valence-corrected chi connectivity index (χ3v) is 3.92. The van der Waals surface area contributed by atoms with Gasteiger partial charge < -0.3 is 4.74 Å². The molecule has 4 nitrogen and oxygen atoms in total. The van der Waals surface area contributed by atoms with Gasteiger partial charge in [0.05, 0.1) is 12.0 Å². The first kappa shape index (κ1) is 17.3. The van der Waals surface area contributed by atoms with Crippen molar-refractivity contribution >= 4 is 12.0 Å². The Morgan fingerprint density at radius 3 is 2.57 bits per heavy atom. The van der Waals surface area contributed by atoms with Crippen molar-refractivity contribution in [1.29, 1.82) is 0 Å². The Morgan fingerprint density at radius 1 is 1.35 bits per heavy atom. The zero-order valence-corrected chi connectivity index (χ0v) is 12.7. The van der Waals surface area contributed by atoms with Crippen LogP contribution < -0.4 is 0 Å². The molecule has 2 amide bonds. The maximum Gasteiger partial charge on any atom is 0.416 e. The smallest absolute Gasteiger partial charge is 0.416 e. The first-order chi connectivity index (χ1) is 10.8. The molecule has 0 aromatic heterocycles. The van der Waals surface area contributed by atoms with E-state index in [1.54, 1.807) is 0 Å². The van der Waals surface area contributed by atoms with Gasteiger partial charge in [-0.25, -0.2) is 9.69 Å². The molecule has 0 aliphatic carbocycles. The van der Waals surface area contributed by atoms with Crippen molar-refractivity contribution in [2.75, 3.05) is 6.61 Å². The monoisotopic (exact) mass is 329 g/mol. The van der Waals surface area contributed by atoms with Crippen molar-refractivity contribution in [2.45, 2.75) is 38.4 Å². The van der Waals surface area contributed by atoms with Crippen LogP contribution in [0, 0.1) is 5.92 Å². The zero-order valence-electron chi connectivity index (χ0n) is 12.7. The maximum atomic E-state index is 12.8. The standard InChI is InChI=1S/C16H18F3NO3/c1-2-12(16(17,18)19)9-14(21)20-13(10-23-15(20)22)8-11-6-4-3-5-7-11/h3-7,12-13H,2,8-10H2,1H3/t12-,13-/m0/s1. The second kappa shape index (κ2) is 7.02. The Balaban J connectivity index is 2.08. The van der Waals surface area contributed by atoms with Crippen LogP contribution in [0.1, 0.15) is 25.3 Å². The van der Waals surface area contributed by atoms with Gasteiger partial charge in [0.15, 0.2) is 0 Å². The van der Waals surface area contributed by atoms with Crippen LogP contribution in [-0.2, 0) is 16.0 Å². The highest BCUT2D eigenvalue weighted by Crippen LogP contribution is 2.32. The number of alkyl halides is 3. The number of benzene rings is 1. The van der Waals surface area contributed by atoms with E-state index in [0.717, 1.165) is 10.5 Å². The molecule has 2 atom stereocenters. The number of hydrogen-bond donors (Lipinski definition) is 0. The number of cyclic esters (lactones) is 1. The van der Waals surface area contributed by atoms with Crippen LogP contribution in [0.3, 0.4) is 0 Å². The molecule has 0 unspecified atom stereocenters. The lowest BCUT2D eigenvalue weighted by molar-refractivity contribution is -0.181. The number of nitrogens with zero attached hydrogens (tertiary/aromatic N) is 1. The van der Waals surface area contributed by atoms with Gasteiger partial charge in [-0.15, -0.1) is 0 Å². The fourth-order valence-corrected chi connectivity index (χ4v) is 2.60. The van der Waals surface area contributed by atoms with Crippen LogP contribution in [0.5, 0.6) is 0 Å². The van der Waals surface area contributed by atoms with Crippen molar-refractivity contribution < 1.29 is 27.5 Å². The number of imide groups is 1. The van der Waals surface area contributed by atoms with Gasteiger partial charge >= 0.3 is 12.3 Å². The van der Waals surface area contributed by atoms with E-state index in [4.69, 9.17) is 4.74 Å². The van der Waals surface area contributed by atoms with Crippen molar-refractivity contribution in [1.82, 2.24) is 4.90 Å². The maximum absolute atomic E-state index is 12.8. The minimum absolute atomic E-state index is 0.00226. The summed E-state index contributed by atoms with van der Waals surface area (Å²) in [6, 6.07) is 8.55. The summed E-state index contributed by atoms with van der Waals surface area (Å²) in [5, 5.41) is 0. The molecule has 0 spiro atoms. The number of ether oxygens (including phenoxy) is 1. The van der Waals surface area contributed by atoms with Crippen LogP contribution in [0.15, 0.2) is 30.3 Å². The summed E-state index contributed by atoms with van der Waals surface area (Å²) >= 11 is 0. The van der Waals surface area contributed by atoms with Crippen LogP contribution in [0.25, 0.3) is 0 Å². The summed E-state index contributed by atoms with van der Waals surface area (Å²) in [5.74, 6) is -2.58. The van der Waals surface area contributed by atoms with Gasteiger partial charge in [-0.1, -0.05) is 37.3 Å². The van der Waals surface area contributed by atoms with Gasteiger partial charge in [-0.2, -0.15) is 13.2 Å². The third-order valence-electron chi connectivity index (χ3n) is 3.92. The summed E-state index contributed by atoms with van der Waals surface area (Å²) in [6.07, 6.45) is -5.90. The lowest BCUT2D eigenvalue weighted by Gasteiger charge is -2.23. The predicted molar refractivity (Wildman–Crippen MR) is 76.6 cm³/mol. The lowest BCUT2D eigenvalue weighted by Crippen LogP contribution is -2.42. The SMILES string of the molecule is CC[C@@H](CC(=O)N1C(=O)OC[C@@H]1Cc1ccccc1)C(F)(F)F. The van der Waals surface area contributed by atoms with Gasteiger partial charge in [0.2, 0.25) is 5.91 Å². The highest BCUT2D eigenvalue weighted by atomic mass is 19.4. The fraction of sp³-hybridized carbons (Fsp3) is 0.500. The molecule has 2 rings (SSSR count). The largest absolute Gasteiger partial charge is 0.447 e. The molecule has 1 aromatic carbocycles. The third kappa shape index (κ3) is 4.24. The van der Waals surface area contributed by atoms with E-state index in [1.165, 1.54) is 6.92 Å². The minimum Gasteiger partial charge on any atom is -0.447 e. The molecule has 7 heteroatoms. The molecule has 1 aliphatic heterocycles. The molecule has 1 saturated heterocycles. The number of amides is 2. The van der Waals surface area contributed by atoms with Gasteiger partial charge in [0.25, 0.3) is 0 Å². The van der Waals surface area contributed by atoms with E-state index in [9.17, 15) is 22.8 Å². The van der Waals surface area contributed by atoms with E-state index in [-0.39, 0.29) is 13.0 Å². The quantitative estimate of drug-likeness (QED) is 0.830. The van der Waals surface area contributed by atoms with Crippen molar-refractivity contribution in [3.05, 3.63) is 35.9 Å². The van der Waals surface area contributed by atoms with E-state index in [0.29, 0.717) is 6.42 Å². The average Bonchev–Trinajstić information content (AvgIpc) is 2.85. The molecule has 1 aromatic rings. The number of hydrogen-bond acceptors (Lipinski definition) is 3. The Morgan fingerprint density at radius 2 is 2.00 bits per heavy atom.